The van der Waals surface area contributed by atoms with Gasteiger partial charge in [-0.1, -0.05) is 81.1 Å². The van der Waals surface area contributed by atoms with Gasteiger partial charge in [-0.15, -0.1) is 0 Å². The molecule has 6 aromatic rings. The summed E-state index contributed by atoms with van der Waals surface area (Å²) >= 11 is 0. The van der Waals surface area contributed by atoms with E-state index >= 15 is 9.59 Å². The molecule has 0 aromatic carbocycles. The zero-order valence-electron chi connectivity index (χ0n) is 59.2. The Morgan fingerprint density at radius 2 is 0.500 bits per heavy atom. The van der Waals surface area contributed by atoms with Gasteiger partial charge in [0.2, 0.25) is 0 Å². The molecule has 492 valence electrons. The van der Waals surface area contributed by atoms with Crippen molar-refractivity contribution in [3.05, 3.63) is 161 Å². The minimum atomic E-state index is -0.665. The first-order chi connectivity index (χ1) is 46.6. The van der Waals surface area contributed by atoms with Crippen molar-refractivity contribution < 1.29 is 9.59 Å². The molecule has 0 spiro atoms. The van der Waals surface area contributed by atoms with Crippen LogP contribution in [0.5, 0.6) is 0 Å². The van der Waals surface area contributed by atoms with E-state index in [4.69, 9.17) is 19.9 Å². The summed E-state index contributed by atoms with van der Waals surface area (Å²) in [5.41, 5.74) is 37.7. The van der Waals surface area contributed by atoms with Crippen LogP contribution in [0.25, 0.3) is 88.7 Å². The molecule has 13 aliphatic carbocycles. The Morgan fingerprint density at radius 1 is 0.302 bits per heavy atom. The number of ketones is 2. The molecule has 2 fully saturated rings. The molecular formula is C86H96N8O2. The number of nitrogens with one attached hydrogen (secondary N) is 4. The number of unbranched alkanes of at least 4 members (excludes halogenated alkanes) is 4. The number of H-pyrrole nitrogens is 4. The van der Waals surface area contributed by atoms with Gasteiger partial charge in [0.25, 0.3) is 0 Å². The largest absolute Gasteiger partial charge is 0.355 e. The highest BCUT2D eigenvalue weighted by atomic mass is 16.1. The van der Waals surface area contributed by atoms with Crippen LogP contribution in [0.3, 0.4) is 0 Å². The molecule has 4 aliphatic heterocycles. The van der Waals surface area contributed by atoms with Gasteiger partial charge in [0.15, 0.2) is 11.6 Å². The van der Waals surface area contributed by atoms with E-state index < -0.39 is 21.7 Å². The number of aryl methyl sites for hydroxylation is 4. The third kappa shape index (κ3) is 8.16. The number of aromatic amines is 4. The molecule has 17 aliphatic rings. The van der Waals surface area contributed by atoms with Crippen LogP contribution in [0.2, 0.25) is 0 Å². The third-order valence-electron chi connectivity index (χ3n) is 26.2. The average Bonchev–Trinajstić information content (AvgIpc) is 0.976. The van der Waals surface area contributed by atoms with Crippen LogP contribution in [0.15, 0.2) is 70.8 Å². The predicted octanol–water partition coefficient (Wildman–Crippen LogP) is 21.3. The topological polar surface area (TPSA) is 149 Å². The maximum atomic E-state index is 17.3. The number of carbonyl (C=O) groups is 2. The highest BCUT2D eigenvalue weighted by Gasteiger charge is 2.73. The van der Waals surface area contributed by atoms with Crippen molar-refractivity contribution in [3.8, 4) is 0 Å². The summed E-state index contributed by atoms with van der Waals surface area (Å²) in [6.07, 6.45) is 22.7. The first-order valence-corrected chi connectivity index (χ1v) is 37.6. The van der Waals surface area contributed by atoms with Gasteiger partial charge in [-0.25, -0.2) is 19.9 Å². The second-order valence-electron chi connectivity index (χ2n) is 30.6. The van der Waals surface area contributed by atoms with E-state index in [9.17, 15) is 0 Å². The number of nitrogens with zero attached hydrogens (tertiary/aromatic N) is 4. The lowest BCUT2D eigenvalue weighted by atomic mass is 9.34. The van der Waals surface area contributed by atoms with Gasteiger partial charge >= 0.3 is 0 Å². The van der Waals surface area contributed by atoms with E-state index in [1.54, 1.807) is 0 Å². The quantitative estimate of drug-likeness (QED) is 0.0709. The smallest absolute Gasteiger partial charge is 0.187 e. The molecule has 0 amide bonds. The monoisotopic (exact) mass is 1270 g/mol. The van der Waals surface area contributed by atoms with E-state index in [0.717, 1.165) is 266 Å². The van der Waals surface area contributed by atoms with Gasteiger partial charge in [0, 0.05) is 88.1 Å². The van der Waals surface area contributed by atoms with Crippen molar-refractivity contribution in [2.24, 2.45) is 0 Å². The molecule has 23 rings (SSSR count). The molecule has 2 saturated carbocycles. The molecule has 10 nitrogen and oxygen atoms in total. The maximum absolute atomic E-state index is 17.3. The van der Waals surface area contributed by atoms with Gasteiger partial charge in [0.05, 0.1) is 45.6 Å². The van der Waals surface area contributed by atoms with Crippen molar-refractivity contribution in [2.75, 3.05) is 0 Å². The highest BCUT2D eigenvalue weighted by Crippen LogP contribution is 2.76. The molecule has 96 heavy (non-hydrogen) atoms. The van der Waals surface area contributed by atoms with Gasteiger partial charge < -0.3 is 19.9 Å². The maximum Gasteiger partial charge on any atom is 0.187 e. The summed E-state index contributed by atoms with van der Waals surface area (Å²) in [5.74, 6) is 0.294. The summed E-state index contributed by atoms with van der Waals surface area (Å²) < 4.78 is 0. The number of aromatic nitrogens is 8. The summed E-state index contributed by atoms with van der Waals surface area (Å²) in [6.45, 7) is 27.4. The Bertz CT molecular complexity index is 4460. The molecule has 6 aromatic heterocycles. The highest BCUT2D eigenvalue weighted by molar-refractivity contribution is 6.31. The van der Waals surface area contributed by atoms with E-state index in [2.05, 4.69) is 152 Å². The number of fused-ring (bicyclic) bond motifs is 16. The summed E-state index contributed by atoms with van der Waals surface area (Å²) in [5, 5.41) is 0. The van der Waals surface area contributed by atoms with Crippen LogP contribution in [-0.2, 0) is 56.9 Å². The van der Waals surface area contributed by atoms with Crippen LogP contribution in [-0.4, -0.2) is 51.4 Å². The molecule has 0 radical (unpaired) electrons. The minimum Gasteiger partial charge on any atom is -0.355 e. The van der Waals surface area contributed by atoms with Crippen molar-refractivity contribution >= 4 is 100 Å². The third-order valence-corrected chi connectivity index (χ3v) is 26.2. The lowest BCUT2D eigenvalue weighted by molar-refractivity contribution is -0.122. The van der Waals surface area contributed by atoms with Crippen molar-refractivity contribution in [1.29, 1.82) is 0 Å². The normalized spacial score (nSPS) is 23.5. The van der Waals surface area contributed by atoms with Gasteiger partial charge in [-0.3, -0.25) is 9.59 Å². The first kappa shape index (κ1) is 61.6. The number of allylic oxidation sites excluding steroid dienone is 12. The molecule has 0 saturated heterocycles. The van der Waals surface area contributed by atoms with Crippen molar-refractivity contribution in [3.63, 3.8) is 0 Å². The Hall–Kier alpha value is -7.98. The fraction of sp³-hybridized carbons (Fsp3) is 0.465. The first-order valence-electron chi connectivity index (χ1n) is 37.6. The zero-order chi connectivity index (χ0) is 66.2. The van der Waals surface area contributed by atoms with E-state index in [1.807, 2.05) is 0 Å². The van der Waals surface area contributed by atoms with Gasteiger partial charge in [-0.2, -0.15) is 0 Å². The minimum absolute atomic E-state index is 0.147. The Balaban J connectivity index is 0.917. The number of carbonyl (C=O) groups excluding carboxylic acids is 2. The fourth-order valence-corrected chi connectivity index (χ4v) is 21.4. The van der Waals surface area contributed by atoms with Crippen molar-refractivity contribution in [2.45, 2.75) is 259 Å². The molecule has 4 N–H and O–H groups in total. The lowest BCUT2D eigenvalue weighted by Gasteiger charge is -2.66. The Labute approximate surface area is 566 Å². The summed E-state index contributed by atoms with van der Waals surface area (Å²) in [7, 11) is 0. The number of hydrogen-bond acceptors (Lipinski definition) is 6. The SMILES string of the molecule is CCCCC1=C(C)c2cc3[nH]c(cc4nc(cc5[nH]c(cc1n2)c(CC)c5CC)C(CCCC)=C4C)c1c3C23CCC1(CC2)C1=C3C(=O)C2=C(C1=O)C13CCC2(CC1)c1c3c2cc3nc(cc4[nH]c(cc5nc(cc1[nH]2)C(C)=C5CCCC)c(CC)c4CC)C(CCCC)=C3C. The standard InChI is InChI=1S/C86H96N8O2/c1-13-21-25-53-45(9)57-37-69-73-74(70(93-69)38-58-46(10)54(26-22-14-2)66(88-58)42-62-50(18-6)49(17-5)61(91-62)41-65(53)87-57)84-31-29-83(73,30-32-84)77-78(84)82(96)80-79(81(77)95)85-33-35-86(80,36-34-85)76-72-40-60-48(12)56(28-24-16-4)68(90-60)44-64-52(20-8)51(19-7)63(92-64)43-67-55(27-23-15-3)47(11)59(89-67)39-71(94-72)75(76)85/h37-44,91-94H,13-36H2,1-12H3. The molecular weight excluding hydrogens is 1180 g/mol. The van der Waals surface area contributed by atoms with Crippen LogP contribution in [0, 0.1) is 0 Å². The van der Waals surface area contributed by atoms with Crippen LogP contribution < -0.4 is 0 Å². The number of Topliss-reactive ketones (excluding diaryl/α,β-unsaturated/α-hetero) is 2. The molecule has 10 heteroatoms. The Morgan fingerprint density at radius 3 is 0.698 bits per heavy atom. The molecule has 20 bridgehead atoms. The van der Waals surface area contributed by atoms with Crippen LogP contribution >= 0.6 is 0 Å². The van der Waals surface area contributed by atoms with Crippen LogP contribution in [0.1, 0.15) is 302 Å². The Kier molecular flexibility index (Phi) is 14.3. The van der Waals surface area contributed by atoms with E-state index in [1.165, 1.54) is 89.1 Å². The second-order valence-corrected chi connectivity index (χ2v) is 30.6. The molecule has 0 unspecified atom stereocenters. The van der Waals surface area contributed by atoms with E-state index in [-0.39, 0.29) is 11.6 Å². The lowest BCUT2D eigenvalue weighted by Crippen LogP contribution is -2.65. The molecule has 0 atom stereocenters. The van der Waals surface area contributed by atoms with Crippen molar-refractivity contribution in [1.82, 2.24) is 39.9 Å². The van der Waals surface area contributed by atoms with E-state index in [0.29, 0.717) is 0 Å². The summed E-state index contributed by atoms with van der Waals surface area (Å²) in [4.78, 5) is 73.6. The summed E-state index contributed by atoms with van der Waals surface area (Å²) in [6, 6.07) is 18.7. The average molecular weight is 1270 g/mol. The zero-order valence-corrected chi connectivity index (χ0v) is 59.2. The second kappa shape index (κ2) is 22.3. The fourth-order valence-electron chi connectivity index (χ4n) is 21.4. The van der Waals surface area contributed by atoms with Gasteiger partial charge in [-0.05, 0) is 294 Å². The van der Waals surface area contributed by atoms with Crippen LogP contribution in [0.4, 0.5) is 0 Å². The number of hydrogen-bond donors (Lipinski definition) is 4. The molecule has 10 heterocycles. The predicted molar refractivity (Wildman–Crippen MR) is 395 cm³/mol. The van der Waals surface area contributed by atoms with Gasteiger partial charge in [0.1, 0.15) is 0 Å². The number of rotatable bonds is 16.